The molecule has 0 amide bonds. The highest BCUT2D eigenvalue weighted by Crippen LogP contribution is 2.73. The number of hydrogen-bond donors (Lipinski definition) is 1. The molecule has 2 N–H and O–H groups in total. The fourth-order valence-corrected chi connectivity index (χ4v) is 4.77. The second-order valence-electron chi connectivity index (χ2n) is 7.45. The van der Waals surface area contributed by atoms with Gasteiger partial charge in [0, 0.05) is 18.0 Å². The molecule has 0 bridgehead atoms. The summed E-state index contributed by atoms with van der Waals surface area (Å²) in [6.07, 6.45) is 7.53. The third-order valence-electron chi connectivity index (χ3n) is 5.76. The first-order valence-corrected chi connectivity index (χ1v) is 8.01. The minimum absolute atomic E-state index is 0.0168. The van der Waals surface area contributed by atoms with Gasteiger partial charge in [0.05, 0.1) is 5.39 Å². The van der Waals surface area contributed by atoms with Gasteiger partial charge in [-0.2, -0.15) is 0 Å². The van der Waals surface area contributed by atoms with Gasteiger partial charge < -0.3 is 19.8 Å². The van der Waals surface area contributed by atoms with Crippen LogP contribution in [-0.2, 0) is 15.2 Å². The molecule has 5 rings (SSSR count). The molecular formula is C17H20N4O2. The molecular weight excluding hydrogens is 292 g/mol. The minimum atomic E-state index is -0.636. The Bertz CT molecular complexity index is 844. The van der Waals surface area contributed by atoms with Crippen LogP contribution >= 0.6 is 0 Å². The second-order valence-corrected chi connectivity index (χ2v) is 7.45. The molecule has 120 valence electrons. The first kappa shape index (κ1) is 13.5. The molecule has 6 heteroatoms. The monoisotopic (exact) mass is 312 g/mol. The SMILES string of the molecule is C=C[C@@]12C[C@@H]1C[C@@]1(n3ccc4c(N)ncnc43)OC(C)(C)O[C@H]21. The van der Waals surface area contributed by atoms with E-state index < -0.39 is 11.5 Å². The van der Waals surface area contributed by atoms with E-state index in [1.165, 1.54) is 6.33 Å². The number of hydrogen-bond acceptors (Lipinski definition) is 5. The van der Waals surface area contributed by atoms with E-state index in [4.69, 9.17) is 15.2 Å². The van der Waals surface area contributed by atoms with Gasteiger partial charge in [-0.15, -0.1) is 6.58 Å². The summed E-state index contributed by atoms with van der Waals surface area (Å²) < 4.78 is 14.9. The Morgan fingerprint density at radius 2 is 2.22 bits per heavy atom. The van der Waals surface area contributed by atoms with Gasteiger partial charge in [-0.25, -0.2) is 9.97 Å². The first-order chi connectivity index (χ1) is 10.9. The van der Waals surface area contributed by atoms with Crippen LogP contribution < -0.4 is 5.73 Å². The maximum atomic E-state index is 6.47. The summed E-state index contributed by atoms with van der Waals surface area (Å²) in [6, 6.07) is 1.95. The molecule has 1 saturated heterocycles. The Labute approximate surface area is 134 Å². The normalized spacial score (nSPS) is 40.1. The summed E-state index contributed by atoms with van der Waals surface area (Å²) in [5.41, 5.74) is 6.25. The van der Waals surface area contributed by atoms with Gasteiger partial charge in [-0.1, -0.05) is 6.08 Å². The number of nitrogens with two attached hydrogens (primary N) is 1. The van der Waals surface area contributed by atoms with Gasteiger partial charge in [-0.3, -0.25) is 0 Å². The van der Waals surface area contributed by atoms with Crippen molar-refractivity contribution >= 4 is 16.9 Å². The second kappa shape index (κ2) is 3.76. The molecule has 3 aliphatic rings. The summed E-state index contributed by atoms with van der Waals surface area (Å²) in [5, 5.41) is 0.849. The van der Waals surface area contributed by atoms with Crippen molar-refractivity contribution in [3.05, 3.63) is 31.2 Å². The zero-order chi connectivity index (χ0) is 16.0. The minimum Gasteiger partial charge on any atom is -0.383 e. The van der Waals surface area contributed by atoms with Crippen molar-refractivity contribution in [3.63, 3.8) is 0 Å². The summed E-state index contributed by atoms with van der Waals surface area (Å²) in [4.78, 5) is 8.53. The third-order valence-corrected chi connectivity index (χ3v) is 5.76. The number of fused-ring (bicyclic) bond motifs is 4. The molecule has 23 heavy (non-hydrogen) atoms. The Balaban J connectivity index is 1.74. The van der Waals surface area contributed by atoms with Crippen LogP contribution in [0.3, 0.4) is 0 Å². The molecule has 3 heterocycles. The number of nitrogen functional groups attached to an aromatic ring is 1. The lowest BCUT2D eigenvalue weighted by Crippen LogP contribution is -2.43. The molecule has 0 spiro atoms. The van der Waals surface area contributed by atoms with Gasteiger partial charge in [0.15, 0.2) is 11.5 Å². The molecule has 3 fully saturated rings. The van der Waals surface area contributed by atoms with Crippen molar-refractivity contribution in [2.45, 2.75) is 44.3 Å². The van der Waals surface area contributed by atoms with Crippen molar-refractivity contribution in [2.24, 2.45) is 11.3 Å². The van der Waals surface area contributed by atoms with Crippen LogP contribution in [-0.4, -0.2) is 26.4 Å². The van der Waals surface area contributed by atoms with Crippen LogP contribution in [0.25, 0.3) is 11.0 Å². The molecule has 4 atom stereocenters. The van der Waals surface area contributed by atoms with E-state index in [0.29, 0.717) is 11.7 Å². The van der Waals surface area contributed by atoms with Gasteiger partial charge in [0.25, 0.3) is 0 Å². The Kier molecular flexibility index (Phi) is 2.21. The smallest absolute Gasteiger partial charge is 0.177 e. The first-order valence-electron chi connectivity index (χ1n) is 8.01. The number of aromatic nitrogens is 3. The molecule has 0 unspecified atom stereocenters. The predicted octanol–water partition coefficient (Wildman–Crippen LogP) is 2.41. The molecule has 0 aromatic carbocycles. The van der Waals surface area contributed by atoms with E-state index in [1.54, 1.807) is 0 Å². The topological polar surface area (TPSA) is 75.2 Å². The molecule has 0 radical (unpaired) electrons. The van der Waals surface area contributed by atoms with Gasteiger partial charge >= 0.3 is 0 Å². The molecule has 2 saturated carbocycles. The quantitative estimate of drug-likeness (QED) is 0.862. The van der Waals surface area contributed by atoms with E-state index in [1.807, 2.05) is 26.1 Å². The lowest BCUT2D eigenvalue weighted by Gasteiger charge is -2.33. The van der Waals surface area contributed by atoms with Crippen molar-refractivity contribution in [1.29, 1.82) is 0 Å². The van der Waals surface area contributed by atoms with E-state index >= 15 is 0 Å². The summed E-state index contributed by atoms with van der Waals surface area (Å²) in [7, 11) is 0. The third kappa shape index (κ3) is 1.46. The van der Waals surface area contributed by atoms with Crippen LogP contribution in [0.15, 0.2) is 31.2 Å². The van der Waals surface area contributed by atoms with Crippen molar-refractivity contribution in [3.8, 4) is 0 Å². The number of anilines is 1. The lowest BCUT2D eigenvalue weighted by atomic mass is 9.95. The largest absolute Gasteiger partial charge is 0.383 e. The average Bonchev–Trinajstić information content (AvgIpc) is 2.79. The predicted molar refractivity (Wildman–Crippen MR) is 85.3 cm³/mol. The fraction of sp³-hybridized carbons (Fsp3) is 0.529. The molecule has 2 aromatic rings. The zero-order valence-electron chi connectivity index (χ0n) is 13.3. The average molecular weight is 312 g/mol. The maximum Gasteiger partial charge on any atom is 0.177 e. The van der Waals surface area contributed by atoms with Crippen molar-refractivity contribution in [1.82, 2.24) is 14.5 Å². The number of nitrogens with zero attached hydrogens (tertiary/aromatic N) is 3. The fourth-order valence-electron chi connectivity index (χ4n) is 4.77. The molecule has 2 aromatic heterocycles. The molecule has 6 nitrogen and oxygen atoms in total. The summed E-state index contributed by atoms with van der Waals surface area (Å²) in [5.74, 6) is 0.405. The van der Waals surface area contributed by atoms with Gasteiger partial charge in [0.1, 0.15) is 23.9 Å². The Morgan fingerprint density at radius 1 is 1.39 bits per heavy atom. The van der Waals surface area contributed by atoms with Crippen LogP contribution in [0.5, 0.6) is 0 Å². The van der Waals surface area contributed by atoms with Gasteiger partial charge in [-0.05, 0) is 32.3 Å². The standard InChI is InChI=1S/C17H20N4O2/c1-4-16-7-10(16)8-17(14(16)22-15(2,3)23-17)21-6-5-11-12(18)19-9-20-13(11)21/h4-6,9-10,14H,1,7-8H2,2-3H3,(H2,18,19,20)/t10-,14-,16-,17-/m1/s1. The maximum absolute atomic E-state index is 6.47. The van der Waals surface area contributed by atoms with E-state index in [-0.39, 0.29) is 11.5 Å². The lowest BCUT2D eigenvalue weighted by molar-refractivity contribution is -0.187. The van der Waals surface area contributed by atoms with E-state index in [2.05, 4.69) is 27.2 Å². The van der Waals surface area contributed by atoms with Crippen LogP contribution in [0.4, 0.5) is 5.82 Å². The van der Waals surface area contributed by atoms with E-state index in [0.717, 1.165) is 23.9 Å². The van der Waals surface area contributed by atoms with Crippen LogP contribution in [0, 0.1) is 11.3 Å². The van der Waals surface area contributed by atoms with Gasteiger partial charge in [0.2, 0.25) is 0 Å². The molecule has 2 aliphatic carbocycles. The van der Waals surface area contributed by atoms with Crippen LogP contribution in [0.2, 0.25) is 0 Å². The number of rotatable bonds is 2. The van der Waals surface area contributed by atoms with Crippen LogP contribution in [0.1, 0.15) is 26.7 Å². The summed E-state index contributed by atoms with van der Waals surface area (Å²) >= 11 is 0. The highest BCUT2D eigenvalue weighted by molar-refractivity contribution is 5.86. The highest BCUT2D eigenvalue weighted by Gasteiger charge is 2.77. The number of ether oxygens (including phenoxy) is 2. The molecule has 1 aliphatic heterocycles. The zero-order valence-corrected chi connectivity index (χ0v) is 13.3. The Hall–Kier alpha value is -1.92. The highest BCUT2D eigenvalue weighted by atomic mass is 16.8. The van der Waals surface area contributed by atoms with Crippen molar-refractivity contribution in [2.75, 3.05) is 5.73 Å². The van der Waals surface area contributed by atoms with Crippen molar-refractivity contribution < 1.29 is 9.47 Å². The summed E-state index contributed by atoms with van der Waals surface area (Å²) in [6.45, 7) is 8.00. The Morgan fingerprint density at radius 3 is 3.00 bits per heavy atom. The van der Waals surface area contributed by atoms with E-state index in [9.17, 15) is 0 Å².